The average Bonchev–Trinajstić information content (AvgIpc) is 2.54. The number of hydrogen-bond acceptors (Lipinski definition) is 3. The van der Waals surface area contributed by atoms with Gasteiger partial charge in [0.2, 0.25) is 0 Å². The van der Waals surface area contributed by atoms with Crippen LogP contribution in [0.15, 0.2) is 48.5 Å². The predicted molar refractivity (Wildman–Crippen MR) is 86.4 cm³/mol. The fourth-order valence-electron chi connectivity index (χ4n) is 2.05. The fraction of sp³-hybridized carbons (Fsp3) is 0.235. The fourth-order valence-corrected chi connectivity index (χ4v) is 2.25. The van der Waals surface area contributed by atoms with E-state index in [1.807, 2.05) is 30.3 Å². The summed E-state index contributed by atoms with van der Waals surface area (Å²) < 4.78 is 5.09. The van der Waals surface area contributed by atoms with E-state index in [0.29, 0.717) is 16.3 Å². The van der Waals surface area contributed by atoms with Gasteiger partial charge in [0.15, 0.2) is 0 Å². The molecule has 2 aromatic rings. The van der Waals surface area contributed by atoms with Crippen LogP contribution in [0, 0.1) is 0 Å². The molecule has 1 amide bonds. The van der Waals surface area contributed by atoms with Gasteiger partial charge >= 0.3 is 0 Å². The molecule has 2 rings (SSSR count). The Hall–Kier alpha value is -2.04. The van der Waals surface area contributed by atoms with Crippen molar-refractivity contribution in [3.05, 3.63) is 64.7 Å². The minimum Gasteiger partial charge on any atom is -0.495 e. The molecule has 0 bridgehead atoms. The van der Waals surface area contributed by atoms with Crippen LogP contribution in [0.4, 0.5) is 0 Å². The van der Waals surface area contributed by atoms with E-state index < -0.39 is 5.60 Å². The van der Waals surface area contributed by atoms with Crippen molar-refractivity contribution in [2.24, 2.45) is 0 Å². The molecule has 0 heterocycles. The quantitative estimate of drug-likeness (QED) is 0.890. The topological polar surface area (TPSA) is 58.6 Å². The maximum atomic E-state index is 12.2. The Labute approximate surface area is 134 Å². The number of carbonyl (C=O) groups is 1. The number of hydrogen-bond donors (Lipinski definition) is 2. The molecule has 5 heteroatoms. The van der Waals surface area contributed by atoms with Crippen LogP contribution >= 0.6 is 11.6 Å². The number of methoxy groups -OCH3 is 1. The lowest BCUT2D eigenvalue weighted by atomic mass is 9.96. The summed E-state index contributed by atoms with van der Waals surface area (Å²) in [7, 11) is 1.49. The summed E-state index contributed by atoms with van der Waals surface area (Å²) in [6.07, 6.45) is 0. The lowest BCUT2D eigenvalue weighted by molar-refractivity contribution is 0.0526. The molecule has 0 saturated heterocycles. The van der Waals surface area contributed by atoms with E-state index >= 15 is 0 Å². The second-order valence-corrected chi connectivity index (χ2v) is 5.58. The van der Waals surface area contributed by atoms with E-state index in [0.717, 1.165) is 5.56 Å². The van der Waals surface area contributed by atoms with Gasteiger partial charge in [-0.25, -0.2) is 0 Å². The van der Waals surface area contributed by atoms with Gasteiger partial charge in [0.1, 0.15) is 11.4 Å². The number of aliphatic hydroxyl groups is 1. The first-order valence-electron chi connectivity index (χ1n) is 6.83. The van der Waals surface area contributed by atoms with Crippen LogP contribution in [-0.2, 0) is 5.60 Å². The maximum absolute atomic E-state index is 12.2. The second kappa shape index (κ2) is 6.81. The van der Waals surface area contributed by atoms with Gasteiger partial charge in [0.25, 0.3) is 5.91 Å². The molecule has 0 aliphatic carbocycles. The molecule has 0 spiro atoms. The zero-order valence-electron chi connectivity index (χ0n) is 12.5. The zero-order valence-corrected chi connectivity index (χ0v) is 13.2. The molecule has 2 N–H and O–H groups in total. The molecular weight excluding hydrogens is 302 g/mol. The third-order valence-corrected chi connectivity index (χ3v) is 3.71. The maximum Gasteiger partial charge on any atom is 0.251 e. The number of halogens is 1. The average molecular weight is 320 g/mol. The summed E-state index contributed by atoms with van der Waals surface area (Å²) in [5.74, 6) is 0.135. The van der Waals surface area contributed by atoms with Gasteiger partial charge in [-0.05, 0) is 30.7 Å². The largest absolute Gasteiger partial charge is 0.495 e. The van der Waals surface area contributed by atoms with Crippen molar-refractivity contribution in [3.8, 4) is 5.75 Å². The predicted octanol–water partition coefficient (Wildman–Crippen LogP) is 2.99. The zero-order chi connectivity index (χ0) is 16.2. The Bertz CT molecular complexity index is 656. The summed E-state index contributed by atoms with van der Waals surface area (Å²) in [5, 5.41) is 13.6. The molecule has 0 aromatic heterocycles. The number of nitrogens with one attached hydrogen (secondary N) is 1. The molecule has 0 saturated carbocycles. The minimum absolute atomic E-state index is 0.0980. The number of ether oxygens (including phenoxy) is 1. The van der Waals surface area contributed by atoms with E-state index in [1.54, 1.807) is 25.1 Å². The first-order chi connectivity index (χ1) is 10.4. The number of rotatable bonds is 5. The first-order valence-corrected chi connectivity index (χ1v) is 7.21. The molecule has 0 aliphatic rings. The summed E-state index contributed by atoms with van der Waals surface area (Å²) in [5.41, 5.74) is 0.0158. The van der Waals surface area contributed by atoms with Gasteiger partial charge in [-0.2, -0.15) is 0 Å². The smallest absolute Gasteiger partial charge is 0.251 e. The molecular formula is C17H18ClNO3. The van der Waals surface area contributed by atoms with Gasteiger partial charge < -0.3 is 15.2 Å². The highest BCUT2D eigenvalue weighted by atomic mass is 35.5. The normalized spacial score (nSPS) is 13.3. The van der Waals surface area contributed by atoms with Crippen molar-refractivity contribution < 1.29 is 14.6 Å². The Balaban J connectivity index is 2.07. The highest BCUT2D eigenvalue weighted by Gasteiger charge is 2.23. The van der Waals surface area contributed by atoms with E-state index in [9.17, 15) is 9.90 Å². The van der Waals surface area contributed by atoms with Crippen molar-refractivity contribution in [2.75, 3.05) is 13.7 Å². The molecule has 22 heavy (non-hydrogen) atoms. The van der Waals surface area contributed by atoms with Crippen molar-refractivity contribution >= 4 is 17.5 Å². The summed E-state index contributed by atoms with van der Waals surface area (Å²) >= 11 is 5.93. The first kappa shape index (κ1) is 16.3. The van der Waals surface area contributed by atoms with Crippen LogP contribution in [-0.4, -0.2) is 24.7 Å². The Morgan fingerprint density at radius 3 is 2.59 bits per heavy atom. The van der Waals surface area contributed by atoms with E-state index in [-0.39, 0.29) is 12.5 Å². The number of carbonyl (C=O) groups excluding carboxylic acids is 1. The SMILES string of the molecule is COc1cc(C(=O)NCC(C)(O)c2ccccc2)ccc1Cl. The van der Waals surface area contributed by atoms with Crippen LogP contribution < -0.4 is 10.1 Å². The van der Waals surface area contributed by atoms with E-state index in [1.165, 1.54) is 7.11 Å². The molecule has 2 aromatic carbocycles. The van der Waals surface area contributed by atoms with E-state index in [4.69, 9.17) is 16.3 Å². The molecule has 0 aliphatic heterocycles. The molecule has 116 valence electrons. The van der Waals surface area contributed by atoms with Gasteiger partial charge in [-0.15, -0.1) is 0 Å². The molecule has 1 unspecified atom stereocenters. The third kappa shape index (κ3) is 3.78. The van der Waals surface area contributed by atoms with Crippen LogP contribution in [0.1, 0.15) is 22.8 Å². The Morgan fingerprint density at radius 1 is 1.27 bits per heavy atom. The lowest BCUT2D eigenvalue weighted by Crippen LogP contribution is -2.38. The van der Waals surface area contributed by atoms with Gasteiger partial charge in [-0.1, -0.05) is 41.9 Å². The molecule has 1 atom stereocenters. The minimum atomic E-state index is -1.15. The highest BCUT2D eigenvalue weighted by Crippen LogP contribution is 2.25. The second-order valence-electron chi connectivity index (χ2n) is 5.17. The summed E-state index contributed by atoms with van der Waals surface area (Å²) in [6, 6.07) is 14.0. The van der Waals surface area contributed by atoms with Crippen LogP contribution in [0.2, 0.25) is 5.02 Å². The van der Waals surface area contributed by atoms with Gasteiger partial charge in [0.05, 0.1) is 18.7 Å². The van der Waals surface area contributed by atoms with Crippen molar-refractivity contribution in [2.45, 2.75) is 12.5 Å². The van der Waals surface area contributed by atoms with Crippen molar-refractivity contribution in [1.82, 2.24) is 5.32 Å². The van der Waals surface area contributed by atoms with Crippen LogP contribution in [0.3, 0.4) is 0 Å². The standard InChI is InChI=1S/C17H18ClNO3/c1-17(21,13-6-4-3-5-7-13)11-19-16(20)12-8-9-14(18)15(10-12)22-2/h3-10,21H,11H2,1-2H3,(H,19,20). The third-order valence-electron chi connectivity index (χ3n) is 3.40. The van der Waals surface area contributed by atoms with Gasteiger partial charge in [-0.3, -0.25) is 4.79 Å². The molecule has 0 radical (unpaired) electrons. The van der Waals surface area contributed by atoms with Gasteiger partial charge in [0, 0.05) is 5.56 Å². The lowest BCUT2D eigenvalue weighted by Gasteiger charge is -2.24. The monoisotopic (exact) mass is 319 g/mol. The van der Waals surface area contributed by atoms with Crippen LogP contribution in [0.5, 0.6) is 5.75 Å². The number of amides is 1. The Morgan fingerprint density at radius 2 is 1.95 bits per heavy atom. The summed E-state index contributed by atoms with van der Waals surface area (Å²) in [6.45, 7) is 1.76. The molecule has 0 fully saturated rings. The number of benzene rings is 2. The summed E-state index contributed by atoms with van der Waals surface area (Å²) in [4.78, 5) is 12.2. The van der Waals surface area contributed by atoms with E-state index in [2.05, 4.69) is 5.32 Å². The van der Waals surface area contributed by atoms with Crippen LogP contribution in [0.25, 0.3) is 0 Å². The highest BCUT2D eigenvalue weighted by molar-refractivity contribution is 6.32. The molecule has 4 nitrogen and oxygen atoms in total. The Kier molecular flexibility index (Phi) is 5.06. The van der Waals surface area contributed by atoms with Crippen molar-refractivity contribution in [3.63, 3.8) is 0 Å². The van der Waals surface area contributed by atoms with Crippen molar-refractivity contribution in [1.29, 1.82) is 0 Å².